The lowest BCUT2D eigenvalue weighted by atomic mass is 10.1. The second-order valence-electron chi connectivity index (χ2n) is 7.47. The van der Waals surface area contributed by atoms with Gasteiger partial charge in [-0.25, -0.2) is 8.42 Å². The lowest BCUT2D eigenvalue weighted by molar-refractivity contribution is -0.126. The summed E-state index contributed by atoms with van der Waals surface area (Å²) in [7, 11) is -3.55. The molecule has 1 fully saturated rings. The Hall–Kier alpha value is -1.93. The van der Waals surface area contributed by atoms with Crippen molar-refractivity contribution < 1.29 is 18.0 Å². The van der Waals surface area contributed by atoms with Crippen LogP contribution in [0.1, 0.15) is 47.0 Å². The van der Waals surface area contributed by atoms with E-state index in [9.17, 15) is 18.0 Å². The fourth-order valence-electron chi connectivity index (χ4n) is 3.33. The van der Waals surface area contributed by atoms with Crippen LogP contribution in [0, 0.1) is 5.92 Å². The lowest BCUT2D eigenvalue weighted by Gasteiger charge is -2.22. The van der Waals surface area contributed by atoms with E-state index >= 15 is 0 Å². The van der Waals surface area contributed by atoms with Gasteiger partial charge in [-0.1, -0.05) is 13.8 Å². The summed E-state index contributed by atoms with van der Waals surface area (Å²) in [6, 6.07) is 6.39. The molecule has 1 saturated heterocycles. The largest absolute Gasteiger partial charge is 0.354 e. The van der Waals surface area contributed by atoms with E-state index < -0.39 is 10.0 Å². The molecule has 1 aromatic carbocycles. The van der Waals surface area contributed by atoms with Crippen molar-refractivity contribution in [2.24, 2.45) is 5.92 Å². The highest BCUT2D eigenvalue weighted by atomic mass is 32.2. The Kier molecular flexibility index (Phi) is 7.60. The van der Waals surface area contributed by atoms with Crippen molar-refractivity contribution in [3.05, 3.63) is 24.3 Å². The van der Waals surface area contributed by atoms with Crippen molar-refractivity contribution in [1.82, 2.24) is 9.62 Å². The highest BCUT2D eigenvalue weighted by molar-refractivity contribution is 7.89. The van der Waals surface area contributed by atoms with Crippen molar-refractivity contribution in [3.8, 4) is 0 Å². The molecule has 0 aromatic heterocycles. The molecule has 0 unspecified atom stereocenters. The van der Waals surface area contributed by atoms with Gasteiger partial charge < -0.3 is 10.2 Å². The molecule has 0 bridgehead atoms. The van der Waals surface area contributed by atoms with Crippen LogP contribution in [-0.2, 0) is 19.6 Å². The zero-order valence-electron chi connectivity index (χ0n) is 17.1. The molecule has 1 heterocycles. The molecule has 8 heteroatoms. The summed E-state index contributed by atoms with van der Waals surface area (Å²) in [5.74, 6) is -0.638. The number of anilines is 1. The molecule has 1 aromatic rings. The fraction of sp³-hybridized carbons (Fsp3) is 0.600. The minimum absolute atomic E-state index is 0.0235. The monoisotopic (exact) mass is 409 g/mol. The number of carbonyl (C=O) groups is 2. The number of hydrogen-bond donors (Lipinski definition) is 1. The first-order chi connectivity index (χ1) is 13.2. The standard InChI is InChI=1S/C20H31N3O4S/c1-5-11-22(12-6-2)28(26,27)18-9-7-17(8-10-18)23-14-16(13-19(23)24)20(25)21-15(3)4/h7-10,15-16H,5-6,11-14H2,1-4H3,(H,21,25)/t16-/m0/s1. The molecule has 1 N–H and O–H groups in total. The van der Waals surface area contributed by atoms with Crippen molar-refractivity contribution in [3.63, 3.8) is 0 Å². The molecule has 1 aliphatic heterocycles. The third-order valence-electron chi connectivity index (χ3n) is 4.66. The Balaban J connectivity index is 2.16. The Labute approximate surface area is 168 Å². The molecular weight excluding hydrogens is 378 g/mol. The third kappa shape index (κ3) is 5.11. The van der Waals surface area contributed by atoms with Crippen molar-refractivity contribution >= 4 is 27.5 Å². The second kappa shape index (κ2) is 9.52. The van der Waals surface area contributed by atoms with E-state index in [2.05, 4.69) is 5.32 Å². The van der Waals surface area contributed by atoms with Gasteiger partial charge in [-0.3, -0.25) is 9.59 Å². The van der Waals surface area contributed by atoms with Crippen LogP contribution in [0.15, 0.2) is 29.2 Å². The maximum Gasteiger partial charge on any atom is 0.243 e. The molecule has 1 aliphatic rings. The van der Waals surface area contributed by atoms with E-state index in [0.29, 0.717) is 25.3 Å². The van der Waals surface area contributed by atoms with Crippen LogP contribution >= 0.6 is 0 Å². The molecular formula is C20H31N3O4S. The quantitative estimate of drug-likeness (QED) is 0.678. The molecule has 1 atom stereocenters. The molecule has 7 nitrogen and oxygen atoms in total. The molecule has 156 valence electrons. The first-order valence-corrected chi connectivity index (χ1v) is 11.4. The van der Waals surface area contributed by atoms with Gasteiger partial charge >= 0.3 is 0 Å². The maximum absolute atomic E-state index is 12.8. The predicted molar refractivity (Wildman–Crippen MR) is 110 cm³/mol. The van der Waals surface area contributed by atoms with Gasteiger partial charge in [0.05, 0.1) is 10.8 Å². The summed E-state index contributed by atoms with van der Waals surface area (Å²) in [5, 5.41) is 2.84. The van der Waals surface area contributed by atoms with Gasteiger partial charge in [0.25, 0.3) is 0 Å². The predicted octanol–water partition coefficient (Wildman–Crippen LogP) is 2.37. The Morgan fingerprint density at radius 3 is 2.25 bits per heavy atom. The van der Waals surface area contributed by atoms with E-state index in [4.69, 9.17) is 0 Å². The molecule has 0 radical (unpaired) electrons. The summed E-state index contributed by atoms with van der Waals surface area (Å²) >= 11 is 0. The molecule has 2 amide bonds. The summed E-state index contributed by atoms with van der Waals surface area (Å²) < 4.78 is 27.2. The normalized spacial score (nSPS) is 17.6. The maximum atomic E-state index is 12.8. The first kappa shape index (κ1) is 22.4. The highest BCUT2D eigenvalue weighted by Crippen LogP contribution is 2.27. The number of rotatable bonds is 9. The number of hydrogen-bond acceptors (Lipinski definition) is 4. The van der Waals surface area contributed by atoms with E-state index in [0.717, 1.165) is 12.8 Å². The Morgan fingerprint density at radius 2 is 1.75 bits per heavy atom. The van der Waals surface area contributed by atoms with Gasteiger partial charge in [0.15, 0.2) is 0 Å². The smallest absolute Gasteiger partial charge is 0.243 e. The van der Waals surface area contributed by atoms with Crippen molar-refractivity contribution in [2.45, 2.75) is 57.9 Å². The van der Waals surface area contributed by atoms with Gasteiger partial charge in [0.1, 0.15) is 0 Å². The van der Waals surface area contributed by atoms with Gasteiger partial charge in [-0.2, -0.15) is 4.31 Å². The molecule has 2 rings (SSSR count). The summed E-state index contributed by atoms with van der Waals surface area (Å²) in [6.07, 6.45) is 1.66. The van der Waals surface area contributed by atoms with Gasteiger partial charge in [-0.15, -0.1) is 0 Å². The first-order valence-electron chi connectivity index (χ1n) is 9.91. The van der Waals surface area contributed by atoms with Crippen LogP contribution in [0.5, 0.6) is 0 Å². The van der Waals surface area contributed by atoms with E-state index in [1.807, 2.05) is 27.7 Å². The Bertz CT molecular complexity index is 784. The zero-order valence-corrected chi connectivity index (χ0v) is 18.0. The molecule has 0 saturated carbocycles. The van der Waals surface area contributed by atoms with Gasteiger partial charge in [0, 0.05) is 37.8 Å². The number of amides is 2. The van der Waals surface area contributed by atoms with Gasteiger partial charge in [0.2, 0.25) is 21.8 Å². The second-order valence-corrected chi connectivity index (χ2v) is 9.40. The Morgan fingerprint density at radius 1 is 1.18 bits per heavy atom. The fourth-order valence-corrected chi connectivity index (χ4v) is 4.96. The lowest BCUT2D eigenvalue weighted by Crippen LogP contribution is -2.37. The molecule has 0 aliphatic carbocycles. The van der Waals surface area contributed by atoms with Gasteiger partial charge in [-0.05, 0) is 51.0 Å². The van der Waals surface area contributed by atoms with Crippen LogP contribution in [0.3, 0.4) is 0 Å². The van der Waals surface area contributed by atoms with E-state index in [-0.39, 0.29) is 35.1 Å². The van der Waals surface area contributed by atoms with Crippen LogP contribution < -0.4 is 10.2 Å². The number of sulfonamides is 1. The highest BCUT2D eigenvalue weighted by Gasteiger charge is 2.35. The van der Waals surface area contributed by atoms with Crippen LogP contribution in [0.4, 0.5) is 5.69 Å². The van der Waals surface area contributed by atoms with Crippen LogP contribution in [0.25, 0.3) is 0 Å². The number of benzene rings is 1. The summed E-state index contributed by atoms with van der Waals surface area (Å²) in [6.45, 7) is 8.93. The number of nitrogens with zero attached hydrogens (tertiary/aromatic N) is 2. The minimum Gasteiger partial charge on any atom is -0.354 e. The van der Waals surface area contributed by atoms with Crippen molar-refractivity contribution in [2.75, 3.05) is 24.5 Å². The minimum atomic E-state index is -3.55. The summed E-state index contributed by atoms with van der Waals surface area (Å²) in [4.78, 5) is 26.3. The van der Waals surface area contributed by atoms with Crippen LogP contribution in [-0.4, -0.2) is 50.2 Å². The zero-order chi connectivity index (χ0) is 20.9. The third-order valence-corrected chi connectivity index (χ3v) is 6.57. The average molecular weight is 410 g/mol. The number of nitrogens with one attached hydrogen (secondary N) is 1. The van der Waals surface area contributed by atoms with E-state index in [1.165, 1.54) is 16.4 Å². The van der Waals surface area contributed by atoms with Crippen LogP contribution in [0.2, 0.25) is 0 Å². The molecule has 28 heavy (non-hydrogen) atoms. The van der Waals surface area contributed by atoms with Crippen molar-refractivity contribution in [1.29, 1.82) is 0 Å². The van der Waals surface area contributed by atoms with E-state index in [1.54, 1.807) is 17.0 Å². The topological polar surface area (TPSA) is 86.8 Å². The SMILES string of the molecule is CCCN(CCC)S(=O)(=O)c1ccc(N2C[C@@H](C(=O)NC(C)C)CC2=O)cc1. The number of carbonyl (C=O) groups excluding carboxylic acids is 2. The summed E-state index contributed by atoms with van der Waals surface area (Å²) in [5.41, 5.74) is 0.612. The average Bonchev–Trinajstić information content (AvgIpc) is 3.03. The molecule has 0 spiro atoms.